The lowest BCUT2D eigenvalue weighted by Crippen LogP contribution is -2.52. The molecule has 0 spiro atoms. The molecule has 18 heavy (non-hydrogen) atoms. The van der Waals surface area contributed by atoms with Gasteiger partial charge in [0.25, 0.3) is 5.91 Å². The van der Waals surface area contributed by atoms with E-state index in [0.29, 0.717) is 6.04 Å². The molecular weight excluding hydrogens is 224 g/mol. The van der Waals surface area contributed by atoms with Crippen molar-refractivity contribution in [3.63, 3.8) is 0 Å². The van der Waals surface area contributed by atoms with Crippen LogP contribution in [0.2, 0.25) is 0 Å². The Balaban J connectivity index is 2.09. The third kappa shape index (κ3) is 2.91. The number of piperidine rings is 1. The average molecular weight is 246 g/mol. The fourth-order valence-corrected chi connectivity index (χ4v) is 2.47. The van der Waals surface area contributed by atoms with Gasteiger partial charge >= 0.3 is 0 Å². The predicted molar refractivity (Wildman–Crippen MR) is 73.9 cm³/mol. The molecule has 1 fully saturated rings. The standard InChI is InChI=1S/C15H22N2O/c1-10-6-7-11(2)13(9-10)15(18)17-14-5-4-8-16-12(14)3/h6-7,9,12,14,16H,4-5,8H2,1-3H3,(H,17,18)/t12-,14-/m0/s1. The lowest BCUT2D eigenvalue weighted by atomic mass is 9.98. The van der Waals surface area contributed by atoms with E-state index in [0.717, 1.165) is 36.1 Å². The molecule has 1 aliphatic rings. The van der Waals surface area contributed by atoms with Gasteiger partial charge < -0.3 is 10.6 Å². The molecule has 1 saturated heterocycles. The van der Waals surface area contributed by atoms with Crippen molar-refractivity contribution in [2.45, 2.75) is 45.7 Å². The fraction of sp³-hybridized carbons (Fsp3) is 0.533. The minimum atomic E-state index is 0.0525. The molecule has 2 rings (SSSR count). The van der Waals surface area contributed by atoms with Crippen LogP contribution in [0.5, 0.6) is 0 Å². The molecule has 98 valence electrons. The van der Waals surface area contributed by atoms with Gasteiger partial charge in [-0.1, -0.05) is 17.7 Å². The second kappa shape index (κ2) is 5.53. The Morgan fingerprint density at radius 2 is 2.17 bits per heavy atom. The summed E-state index contributed by atoms with van der Waals surface area (Å²) in [4.78, 5) is 12.3. The van der Waals surface area contributed by atoms with Crippen LogP contribution in [0.25, 0.3) is 0 Å². The topological polar surface area (TPSA) is 41.1 Å². The molecule has 3 nitrogen and oxygen atoms in total. The van der Waals surface area contributed by atoms with E-state index in [1.807, 2.05) is 32.0 Å². The Hall–Kier alpha value is -1.35. The maximum absolute atomic E-state index is 12.3. The van der Waals surface area contributed by atoms with E-state index in [4.69, 9.17) is 0 Å². The molecule has 0 aliphatic carbocycles. The average Bonchev–Trinajstić information content (AvgIpc) is 2.35. The molecule has 0 bridgehead atoms. The first kappa shape index (κ1) is 13.1. The molecule has 1 heterocycles. The third-order valence-corrected chi connectivity index (χ3v) is 3.72. The number of carbonyl (C=O) groups excluding carboxylic acids is 1. The smallest absolute Gasteiger partial charge is 0.251 e. The molecule has 0 aromatic heterocycles. The number of hydrogen-bond acceptors (Lipinski definition) is 2. The van der Waals surface area contributed by atoms with Gasteiger partial charge in [0, 0.05) is 17.6 Å². The van der Waals surface area contributed by atoms with Crippen LogP contribution in [-0.2, 0) is 0 Å². The first-order valence-electron chi connectivity index (χ1n) is 6.69. The Morgan fingerprint density at radius 3 is 2.89 bits per heavy atom. The first-order chi connectivity index (χ1) is 8.58. The number of hydrogen-bond donors (Lipinski definition) is 2. The van der Waals surface area contributed by atoms with Crippen LogP contribution in [0.1, 0.15) is 41.3 Å². The zero-order valence-corrected chi connectivity index (χ0v) is 11.4. The summed E-state index contributed by atoms with van der Waals surface area (Å²) in [6.45, 7) is 7.18. The van der Waals surface area contributed by atoms with Crippen molar-refractivity contribution >= 4 is 5.91 Å². The summed E-state index contributed by atoms with van der Waals surface area (Å²) >= 11 is 0. The monoisotopic (exact) mass is 246 g/mol. The number of nitrogens with one attached hydrogen (secondary N) is 2. The highest BCUT2D eigenvalue weighted by molar-refractivity contribution is 5.96. The van der Waals surface area contributed by atoms with E-state index in [-0.39, 0.29) is 11.9 Å². The Morgan fingerprint density at radius 1 is 1.39 bits per heavy atom. The normalized spacial score (nSPS) is 23.7. The van der Waals surface area contributed by atoms with Crippen LogP contribution in [0.3, 0.4) is 0 Å². The molecule has 0 radical (unpaired) electrons. The molecular formula is C15H22N2O. The van der Waals surface area contributed by atoms with Crippen molar-refractivity contribution in [3.8, 4) is 0 Å². The Labute approximate surface area is 109 Å². The van der Waals surface area contributed by atoms with Crippen molar-refractivity contribution < 1.29 is 4.79 Å². The summed E-state index contributed by atoms with van der Waals surface area (Å²) in [6, 6.07) is 6.61. The van der Waals surface area contributed by atoms with Gasteiger partial charge in [0.05, 0.1) is 0 Å². The van der Waals surface area contributed by atoms with Crippen LogP contribution in [-0.4, -0.2) is 24.5 Å². The van der Waals surface area contributed by atoms with Gasteiger partial charge in [-0.25, -0.2) is 0 Å². The highest BCUT2D eigenvalue weighted by Crippen LogP contribution is 2.13. The number of carbonyl (C=O) groups is 1. The maximum atomic E-state index is 12.3. The SMILES string of the molecule is Cc1ccc(C)c(C(=O)N[C@H]2CCCN[C@H]2C)c1. The number of rotatable bonds is 2. The van der Waals surface area contributed by atoms with Gasteiger partial charge in [-0.05, 0) is 51.8 Å². The molecule has 2 N–H and O–H groups in total. The first-order valence-corrected chi connectivity index (χ1v) is 6.69. The number of benzene rings is 1. The van der Waals surface area contributed by atoms with E-state index in [9.17, 15) is 4.79 Å². The van der Waals surface area contributed by atoms with E-state index >= 15 is 0 Å². The third-order valence-electron chi connectivity index (χ3n) is 3.72. The number of amides is 1. The summed E-state index contributed by atoms with van der Waals surface area (Å²) in [5.41, 5.74) is 2.96. The van der Waals surface area contributed by atoms with E-state index in [1.165, 1.54) is 0 Å². The molecule has 1 amide bonds. The second-order valence-corrected chi connectivity index (χ2v) is 5.28. The van der Waals surface area contributed by atoms with Crippen molar-refractivity contribution in [2.24, 2.45) is 0 Å². The van der Waals surface area contributed by atoms with Crippen LogP contribution >= 0.6 is 0 Å². The lowest BCUT2D eigenvalue weighted by Gasteiger charge is -2.30. The highest BCUT2D eigenvalue weighted by Gasteiger charge is 2.23. The summed E-state index contributed by atoms with van der Waals surface area (Å²) in [6.07, 6.45) is 2.19. The van der Waals surface area contributed by atoms with Crippen molar-refractivity contribution in [1.82, 2.24) is 10.6 Å². The minimum absolute atomic E-state index is 0.0525. The highest BCUT2D eigenvalue weighted by atomic mass is 16.1. The summed E-state index contributed by atoms with van der Waals surface area (Å²) in [5.74, 6) is 0.0525. The van der Waals surface area contributed by atoms with Gasteiger partial charge in [0.1, 0.15) is 0 Å². The lowest BCUT2D eigenvalue weighted by molar-refractivity contribution is 0.0919. The molecule has 3 heteroatoms. The van der Waals surface area contributed by atoms with E-state index in [2.05, 4.69) is 17.6 Å². The van der Waals surface area contributed by atoms with Crippen molar-refractivity contribution in [3.05, 3.63) is 34.9 Å². The van der Waals surface area contributed by atoms with Gasteiger partial charge in [-0.15, -0.1) is 0 Å². The Bertz CT molecular complexity index is 442. The van der Waals surface area contributed by atoms with E-state index in [1.54, 1.807) is 0 Å². The Kier molecular flexibility index (Phi) is 4.02. The maximum Gasteiger partial charge on any atom is 0.251 e. The van der Waals surface area contributed by atoms with Gasteiger partial charge in [0.2, 0.25) is 0 Å². The van der Waals surface area contributed by atoms with E-state index < -0.39 is 0 Å². The zero-order valence-electron chi connectivity index (χ0n) is 11.4. The largest absolute Gasteiger partial charge is 0.348 e. The quantitative estimate of drug-likeness (QED) is 0.839. The molecule has 0 unspecified atom stereocenters. The predicted octanol–water partition coefficient (Wildman–Crippen LogP) is 2.17. The molecule has 1 aromatic carbocycles. The van der Waals surface area contributed by atoms with Crippen LogP contribution in [0, 0.1) is 13.8 Å². The van der Waals surface area contributed by atoms with Gasteiger partial charge in [-0.3, -0.25) is 4.79 Å². The summed E-state index contributed by atoms with van der Waals surface area (Å²) < 4.78 is 0. The van der Waals surface area contributed by atoms with Crippen molar-refractivity contribution in [1.29, 1.82) is 0 Å². The van der Waals surface area contributed by atoms with Gasteiger partial charge in [0.15, 0.2) is 0 Å². The summed E-state index contributed by atoms with van der Waals surface area (Å²) in [7, 11) is 0. The molecule has 1 aromatic rings. The fourth-order valence-electron chi connectivity index (χ4n) is 2.47. The van der Waals surface area contributed by atoms with Gasteiger partial charge in [-0.2, -0.15) is 0 Å². The van der Waals surface area contributed by atoms with Crippen molar-refractivity contribution in [2.75, 3.05) is 6.54 Å². The number of aryl methyl sites for hydroxylation is 2. The summed E-state index contributed by atoms with van der Waals surface area (Å²) in [5, 5.41) is 6.55. The minimum Gasteiger partial charge on any atom is -0.348 e. The van der Waals surface area contributed by atoms with Crippen LogP contribution in [0.4, 0.5) is 0 Å². The van der Waals surface area contributed by atoms with Crippen LogP contribution < -0.4 is 10.6 Å². The molecule has 0 saturated carbocycles. The zero-order chi connectivity index (χ0) is 13.1. The van der Waals surface area contributed by atoms with Crippen LogP contribution in [0.15, 0.2) is 18.2 Å². The molecule has 2 atom stereocenters. The second-order valence-electron chi connectivity index (χ2n) is 5.28. The molecule has 1 aliphatic heterocycles.